The summed E-state index contributed by atoms with van der Waals surface area (Å²) < 4.78 is 31.3. The number of rotatable bonds is 6. The molecule has 1 aromatic carbocycles. The van der Waals surface area contributed by atoms with E-state index in [9.17, 15) is 14.0 Å². The average molecular weight is 411 g/mol. The molecule has 1 fully saturated rings. The quantitative estimate of drug-likeness (QED) is 0.452. The van der Waals surface area contributed by atoms with E-state index in [4.69, 9.17) is 0 Å². The minimum atomic E-state index is -2.85. The summed E-state index contributed by atoms with van der Waals surface area (Å²) in [7, 11) is 0. The minimum Gasteiger partial charge on any atom is -0.435 e. The first-order valence-corrected chi connectivity index (χ1v) is 10.2. The van der Waals surface area contributed by atoms with E-state index < -0.39 is 6.61 Å². The standard InChI is InChI=1S/C22H19F2N3OS/c1-13-9-16(14(2)27(13)18-5-6-18)10-17(11-25)21-26-20(12-29-21)15-3-7-19(8-4-15)28-22(23)24/h3-4,7-10,12,18,22H,5-6H2,1-2H3. The summed E-state index contributed by atoms with van der Waals surface area (Å²) in [5, 5.41) is 12.2. The molecule has 2 heterocycles. The predicted molar refractivity (Wildman–Crippen MR) is 110 cm³/mol. The highest BCUT2D eigenvalue weighted by Crippen LogP contribution is 2.39. The molecule has 0 radical (unpaired) electrons. The first kappa shape index (κ1) is 19.3. The zero-order chi connectivity index (χ0) is 20.5. The van der Waals surface area contributed by atoms with Crippen LogP contribution in [0.25, 0.3) is 22.9 Å². The van der Waals surface area contributed by atoms with Gasteiger partial charge in [0.25, 0.3) is 0 Å². The van der Waals surface area contributed by atoms with Crippen LogP contribution in [0.4, 0.5) is 8.78 Å². The van der Waals surface area contributed by atoms with E-state index >= 15 is 0 Å². The van der Waals surface area contributed by atoms with Crippen LogP contribution in [0.15, 0.2) is 35.7 Å². The van der Waals surface area contributed by atoms with Gasteiger partial charge in [0.1, 0.15) is 16.8 Å². The summed E-state index contributed by atoms with van der Waals surface area (Å²) in [5.41, 5.74) is 5.39. The SMILES string of the molecule is Cc1cc(C=C(C#N)c2nc(-c3ccc(OC(F)F)cc3)cs2)c(C)n1C1CC1. The zero-order valence-electron chi connectivity index (χ0n) is 16.0. The van der Waals surface area contributed by atoms with Gasteiger partial charge in [-0.3, -0.25) is 0 Å². The number of allylic oxidation sites excluding steroid dienone is 1. The van der Waals surface area contributed by atoms with Gasteiger partial charge in [-0.1, -0.05) is 0 Å². The van der Waals surface area contributed by atoms with Crippen LogP contribution in [0, 0.1) is 25.2 Å². The number of nitrogens with zero attached hydrogens (tertiary/aromatic N) is 3. The van der Waals surface area contributed by atoms with Gasteiger partial charge >= 0.3 is 6.61 Å². The van der Waals surface area contributed by atoms with Crippen LogP contribution >= 0.6 is 11.3 Å². The summed E-state index contributed by atoms with van der Waals surface area (Å²) in [6, 6.07) is 11.3. The van der Waals surface area contributed by atoms with E-state index in [2.05, 4.69) is 40.3 Å². The molecule has 3 aromatic rings. The van der Waals surface area contributed by atoms with Crippen molar-refractivity contribution in [2.45, 2.75) is 39.3 Å². The van der Waals surface area contributed by atoms with Crippen molar-refractivity contribution in [1.82, 2.24) is 9.55 Å². The Balaban J connectivity index is 1.60. The Labute approximate surface area is 171 Å². The van der Waals surface area contributed by atoms with Gasteiger partial charge in [0.15, 0.2) is 0 Å². The van der Waals surface area contributed by atoms with Crippen LogP contribution in [0.5, 0.6) is 5.75 Å². The van der Waals surface area contributed by atoms with Crippen molar-refractivity contribution in [3.8, 4) is 23.1 Å². The van der Waals surface area contributed by atoms with Gasteiger partial charge < -0.3 is 9.30 Å². The largest absolute Gasteiger partial charge is 0.435 e. The molecule has 0 N–H and O–H groups in total. The third-order valence-corrected chi connectivity index (χ3v) is 5.84. The van der Waals surface area contributed by atoms with E-state index in [1.807, 2.05) is 11.5 Å². The van der Waals surface area contributed by atoms with Gasteiger partial charge in [-0.2, -0.15) is 14.0 Å². The summed E-state index contributed by atoms with van der Waals surface area (Å²) in [6.45, 7) is 1.33. The third kappa shape index (κ3) is 4.08. The predicted octanol–water partition coefficient (Wildman–Crippen LogP) is 6.23. The second-order valence-corrected chi connectivity index (χ2v) is 7.90. The lowest BCUT2D eigenvalue weighted by Crippen LogP contribution is -2.01. The van der Waals surface area contributed by atoms with E-state index in [1.165, 1.54) is 47.7 Å². The Kier molecular flexibility index (Phi) is 5.20. The van der Waals surface area contributed by atoms with Crippen molar-refractivity contribution in [1.29, 1.82) is 5.26 Å². The van der Waals surface area contributed by atoms with Crippen molar-refractivity contribution in [3.05, 3.63) is 57.7 Å². The fourth-order valence-electron chi connectivity index (χ4n) is 3.48. The highest BCUT2D eigenvalue weighted by Gasteiger charge is 2.26. The maximum atomic E-state index is 12.3. The van der Waals surface area contributed by atoms with Crippen LogP contribution in [-0.2, 0) is 0 Å². The van der Waals surface area contributed by atoms with E-state index in [0.717, 1.165) is 11.1 Å². The molecule has 1 aliphatic carbocycles. The molecule has 29 heavy (non-hydrogen) atoms. The lowest BCUT2D eigenvalue weighted by Gasteiger charge is -2.06. The van der Waals surface area contributed by atoms with Crippen LogP contribution in [0.1, 0.15) is 40.8 Å². The second kappa shape index (κ2) is 7.80. The maximum absolute atomic E-state index is 12.3. The molecule has 1 aliphatic rings. The van der Waals surface area contributed by atoms with Crippen molar-refractivity contribution < 1.29 is 13.5 Å². The molecule has 0 amide bonds. The number of nitriles is 1. The Bertz CT molecular complexity index is 1100. The van der Waals surface area contributed by atoms with E-state index in [-0.39, 0.29) is 5.75 Å². The monoisotopic (exact) mass is 411 g/mol. The number of alkyl halides is 2. The van der Waals surface area contributed by atoms with Crippen molar-refractivity contribution >= 4 is 23.0 Å². The maximum Gasteiger partial charge on any atom is 0.387 e. The van der Waals surface area contributed by atoms with E-state index in [0.29, 0.717) is 22.3 Å². The third-order valence-electron chi connectivity index (χ3n) is 4.97. The zero-order valence-corrected chi connectivity index (χ0v) is 16.8. The lowest BCUT2D eigenvalue weighted by molar-refractivity contribution is -0.0498. The molecule has 7 heteroatoms. The minimum absolute atomic E-state index is 0.0998. The van der Waals surface area contributed by atoms with Gasteiger partial charge in [0, 0.05) is 28.4 Å². The highest BCUT2D eigenvalue weighted by atomic mass is 32.1. The Morgan fingerprint density at radius 1 is 1.31 bits per heavy atom. The molecule has 0 spiro atoms. The molecule has 0 bridgehead atoms. The fourth-order valence-corrected chi connectivity index (χ4v) is 4.27. The Morgan fingerprint density at radius 2 is 2.03 bits per heavy atom. The number of hydrogen-bond donors (Lipinski definition) is 0. The number of thiazole rings is 1. The van der Waals surface area contributed by atoms with Crippen molar-refractivity contribution in [2.24, 2.45) is 0 Å². The van der Waals surface area contributed by atoms with Crippen LogP contribution < -0.4 is 4.74 Å². The molecule has 2 aromatic heterocycles. The van der Waals surface area contributed by atoms with Crippen molar-refractivity contribution in [2.75, 3.05) is 0 Å². The molecule has 0 saturated heterocycles. The molecule has 1 saturated carbocycles. The number of benzene rings is 1. The average Bonchev–Trinajstić information content (AvgIpc) is 3.32. The fraction of sp³-hybridized carbons (Fsp3) is 0.273. The van der Waals surface area contributed by atoms with Gasteiger partial charge in [0.2, 0.25) is 0 Å². The molecule has 0 unspecified atom stereocenters. The Morgan fingerprint density at radius 3 is 2.66 bits per heavy atom. The van der Waals surface area contributed by atoms with Gasteiger partial charge in [0.05, 0.1) is 11.3 Å². The second-order valence-electron chi connectivity index (χ2n) is 7.04. The molecule has 4 rings (SSSR count). The summed E-state index contributed by atoms with van der Waals surface area (Å²) in [6.07, 6.45) is 4.31. The molecular formula is C22H19F2N3OS. The topological polar surface area (TPSA) is 50.8 Å². The smallest absolute Gasteiger partial charge is 0.387 e. The van der Waals surface area contributed by atoms with Gasteiger partial charge in [-0.25, -0.2) is 4.98 Å². The van der Waals surface area contributed by atoms with Crippen LogP contribution in [0.2, 0.25) is 0 Å². The molecule has 148 valence electrons. The van der Waals surface area contributed by atoms with Gasteiger partial charge in [-0.05, 0) is 68.7 Å². The summed E-state index contributed by atoms with van der Waals surface area (Å²) in [5.74, 6) is 0.0998. The molecule has 0 aliphatic heterocycles. The first-order valence-electron chi connectivity index (χ1n) is 9.27. The van der Waals surface area contributed by atoms with E-state index in [1.54, 1.807) is 12.1 Å². The molecule has 0 atom stereocenters. The van der Waals surface area contributed by atoms with Gasteiger partial charge in [-0.15, -0.1) is 11.3 Å². The summed E-state index contributed by atoms with van der Waals surface area (Å²) >= 11 is 1.39. The normalized spacial score (nSPS) is 14.3. The number of halogens is 2. The number of aromatic nitrogens is 2. The van der Waals surface area contributed by atoms with Crippen LogP contribution in [-0.4, -0.2) is 16.2 Å². The number of aryl methyl sites for hydroxylation is 1. The first-order chi connectivity index (χ1) is 14.0. The highest BCUT2D eigenvalue weighted by molar-refractivity contribution is 7.11. The van der Waals surface area contributed by atoms with Crippen molar-refractivity contribution in [3.63, 3.8) is 0 Å². The van der Waals surface area contributed by atoms with Crippen LogP contribution in [0.3, 0.4) is 0 Å². The molecular weight excluding hydrogens is 392 g/mol. The lowest BCUT2D eigenvalue weighted by atomic mass is 10.1. The Hall–Kier alpha value is -2.98. The molecule has 4 nitrogen and oxygen atoms in total. The summed E-state index contributed by atoms with van der Waals surface area (Å²) in [4.78, 5) is 4.58. The number of ether oxygens (including phenoxy) is 1. The number of hydrogen-bond acceptors (Lipinski definition) is 4.